The molecule has 1 aliphatic heterocycles. The molecule has 0 saturated carbocycles. The summed E-state index contributed by atoms with van der Waals surface area (Å²) in [6.45, 7) is 0. The fourth-order valence-corrected chi connectivity index (χ4v) is 3.66. The van der Waals surface area contributed by atoms with Gasteiger partial charge in [0.1, 0.15) is 10.4 Å². The van der Waals surface area contributed by atoms with Crippen molar-refractivity contribution in [3.8, 4) is 11.5 Å². The number of aromatic hydroxyl groups is 1. The number of thioether (sulfide) groups is 1. The number of amides is 1. The first-order valence-corrected chi connectivity index (χ1v) is 8.55. The van der Waals surface area contributed by atoms with Crippen LogP contribution in [-0.2, 0) is 14.4 Å². The zero-order chi connectivity index (χ0) is 19.4. The second-order valence-electron chi connectivity index (χ2n) is 5.27. The molecule has 1 saturated heterocycles. The standard InChI is InChI=1S/C16H15NO7S2/c1-24-11-6-8(2-4-10(11)18)7-12-14(21)17(16(25)26-12)9(15(22)23)3-5-13(19)20/h2,4,6-7,9,18H,3,5H2,1H3,(H,19,20)(H,22,23)/b12-7-. The maximum atomic E-state index is 12.6. The third-order valence-electron chi connectivity index (χ3n) is 3.55. The first-order chi connectivity index (χ1) is 12.2. The van der Waals surface area contributed by atoms with Crippen LogP contribution >= 0.6 is 24.0 Å². The number of ether oxygens (including phenoxy) is 1. The number of benzene rings is 1. The van der Waals surface area contributed by atoms with Crippen LogP contribution in [-0.4, -0.2) is 55.5 Å². The molecular formula is C16H15NO7S2. The van der Waals surface area contributed by atoms with Gasteiger partial charge >= 0.3 is 11.9 Å². The lowest BCUT2D eigenvalue weighted by Crippen LogP contribution is -2.44. The number of aliphatic carboxylic acids is 2. The van der Waals surface area contributed by atoms with E-state index in [9.17, 15) is 24.6 Å². The predicted molar refractivity (Wildman–Crippen MR) is 98.0 cm³/mol. The van der Waals surface area contributed by atoms with Gasteiger partial charge < -0.3 is 20.1 Å². The summed E-state index contributed by atoms with van der Waals surface area (Å²) in [5, 5.41) is 27.7. The van der Waals surface area contributed by atoms with E-state index in [0.29, 0.717) is 5.56 Å². The number of thiocarbonyl (C=S) groups is 1. The summed E-state index contributed by atoms with van der Waals surface area (Å²) in [4.78, 5) is 35.9. The molecule has 0 aromatic heterocycles. The molecule has 138 valence electrons. The second-order valence-corrected chi connectivity index (χ2v) is 6.95. The fraction of sp³-hybridized carbons (Fsp3) is 0.250. The Hall–Kier alpha value is -2.59. The predicted octanol–water partition coefficient (Wildman–Crippen LogP) is 1.92. The zero-order valence-electron chi connectivity index (χ0n) is 13.5. The van der Waals surface area contributed by atoms with Crippen molar-refractivity contribution in [2.45, 2.75) is 18.9 Å². The number of hydrogen-bond donors (Lipinski definition) is 3. The van der Waals surface area contributed by atoms with Gasteiger partial charge in [0, 0.05) is 6.42 Å². The normalized spacial score (nSPS) is 16.8. The highest BCUT2D eigenvalue weighted by molar-refractivity contribution is 8.26. The molecule has 0 aliphatic carbocycles. The summed E-state index contributed by atoms with van der Waals surface area (Å²) >= 11 is 6.04. The lowest BCUT2D eigenvalue weighted by atomic mass is 10.1. The maximum Gasteiger partial charge on any atom is 0.326 e. The topological polar surface area (TPSA) is 124 Å². The van der Waals surface area contributed by atoms with Crippen molar-refractivity contribution >= 4 is 52.2 Å². The van der Waals surface area contributed by atoms with Crippen LogP contribution in [0.1, 0.15) is 18.4 Å². The molecule has 1 fully saturated rings. The van der Waals surface area contributed by atoms with E-state index in [4.69, 9.17) is 22.1 Å². The van der Waals surface area contributed by atoms with Crippen LogP contribution in [0.15, 0.2) is 23.1 Å². The van der Waals surface area contributed by atoms with Gasteiger partial charge in [-0.2, -0.15) is 0 Å². The highest BCUT2D eigenvalue weighted by Crippen LogP contribution is 2.36. The molecule has 1 aromatic carbocycles. The van der Waals surface area contributed by atoms with Gasteiger partial charge in [0.15, 0.2) is 11.5 Å². The van der Waals surface area contributed by atoms with Gasteiger partial charge in [0.05, 0.1) is 12.0 Å². The second kappa shape index (κ2) is 8.19. The molecular weight excluding hydrogens is 382 g/mol. The van der Waals surface area contributed by atoms with E-state index in [1.807, 2.05) is 0 Å². The van der Waals surface area contributed by atoms with Gasteiger partial charge in [0.25, 0.3) is 5.91 Å². The Kier molecular flexibility index (Phi) is 6.22. The zero-order valence-corrected chi connectivity index (χ0v) is 15.2. The summed E-state index contributed by atoms with van der Waals surface area (Å²) in [6.07, 6.45) is 0.844. The van der Waals surface area contributed by atoms with Crippen molar-refractivity contribution in [3.63, 3.8) is 0 Å². The van der Waals surface area contributed by atoms with Crippen molar-refractivity contribution < 1.29 is 34.4 Å². The molecule has 0 radical (unpaired) electrons. The molecule has 10 heteroatoms. The number of carboxylic acids is 2. The first kappa shape index (κ1) is 19.7. The van der Waals surface area contributed by atoms with E-state index >= 15 is 0 Å². The van der Waals surface area contributed by atoms with E-state index in [2.05, 4.69) is 0 Å². The minimum Gasteiger partial charge on any atom is -0.504 e. The van der Waals surface area contributed by atoms with Crippen LogP contribution in [0.2, 0.25) is 0 Å². The molecule has 8 nitrogen and oxygen atoms in total. The van der Waals surface area contributed by atoms with Crippen LogP contribution in [0.25, 0.3) is 6.08 Å². The summed E-state index contributed by atoms with van der Waals surface area (Å²) < 4.78 is 5.05. The number of hydrogen-bond acceptors (Lipinski definition) is 7. The Labute approximate surface area is 158 Å². The minimum absolute atomic E-state index is 0.0461. The SMILES string of the molecule is COc1cc(/C=C2\SC(=S)N(C(CCC(=O)O)C(=O)O)C2=O)ccc1O. The quantitative estimate of drug-likeness (QED) is 0.467. The molecule has 1 unspecified atom stereocenters. The van der Waals surface area contributed by atoms with Crippen molar-refractivity contribution in [2.24, 2.45) is 0 Å². The molecule has 1 amide bonds. The van der Waals surface area contributed by atoms with Crippen LogP contribution in [0, 0.1) is 0 Å². The van der Waals surface area contributed by atoms with E-state index < -0.39 is 30.3 Å². The van der Waals surface area contributed by atoms with E-state index in [-0.39, 0.29) is 27.1 Å². The maximum absolute atomic E-state index is 12.6. The Bertz CT molecular complexity index is 806. The molecule has 1 aliphatic rings. The summed E-state index contributed by atoms with van der Waals surface area (Å²) in [5.41, 5.74) is 0.553. The minimum atomic E-state index is -1.35. The number of rotatable bonds is 7. The molecule has 26 heavy (non-hydrogen) atoms. The highest BCUT2D eigenvalue weighted by atomic mass is 32.2. The van der Waals surface area contributed by atoms with Gasteiger partial charge in [-0.05, 0) is 30.2 Å². The molecule has 1 heterocycles. The first-order valence-electron chi connectivity index (χ1n) is 7.33. The Morgan fingerprint density at radius 3 is 2.65 bits per heavy atom. The van der Waals surface area contributed by atoms with Crippen molar-refractivity contribution in [1.82, 2.24) is 4.90 Å². The smallest absolute Gasteiger partial charge is 0.326 e. The van der Waals surface area contributed by atoms with E-state index in [1.165, 1.54) is 25.3 Å². The van der Waals surface area contributed by atoms with Crippen molar-refractivity contribution in [1.29, 1.82) is 0 Å². The summed E-state index contributed by atoms with van der Waals surface area (Å²) in [5.74, 6) is -2.93. The average molecular weight is 397 g/mol. The molecule has 0 spiro atoms. The van der Waals surface area contributed by atoms with Gasteiger partial charge in [0.2, 0.25) is 0 Å². The molecule has 2 rings (SSSR count). The van der Waals surface area contributed by atoms with Crippen LogP contribution < -0.4 is 4.74 Å². The molecule has 1 atom stereocenters. The third kappa shape index (κ3) is 4.33. The monoisotopic (exact) mass is 397 g/mol. The number of phenols is 1. The number of methoxy groups -OCH3 is 1. The van der Waals surface area contributed by atoms with Gasteiger partial charge in [-0.25, -0.2) is 4.79 Å². The third-order valence-corrected chi connectivity index (χ3v) is 4.88. The number of carbonyl (C=O) groups excluding carboxylic acids is 1. The van der Waals surface area contributed by atoms with Crippen LogP contribution in [0.5, 0.6) is 11.5 Å². The number of carboxylic acid groups (broad SMARTS) is 2. The molecule has 1 aromatic rings. The van der Waals surface area contributed by atoms with Crippen LogP contribution in [0.4, 0.5) is 0 Å². The lowest BCUT2D eigenvalue weighted by Gasteiger charge is -2.22. The number of nitrogens with zero attached hydrogens (tertiary/aromatic N) is 1. The van der Waals surface area contributed by atoms with Crippen LogP contribution in [0.3, 0.4) is 0 Å². The van der Waals surface area contributed by atoms with Crippen molar-refractivity contribution in [2.75, 3.05) is 7.11 Å². The largest absolute Gasteiger partial charge is 0.504 e. The summed E-state index contributed by atoms with van der Waals surface area (Å²) in [6, 6.07) is 3.13. The van der Waals surface area contributed by atoms with Gasteiger partial charge in [-0.1, -0.05) is 30.0 Å². The lowest BCUT2D eigenvalue weighted by molar-refractivity contribution is -0.146. The van der Waals surface area contributed by atoms with Crippen molar-refractivity contribution in [3.05, 3.63) is 28.7 Å². The van der Waals surface area contributed by atoms with Gasteiger partial charge in [-0.3, -0.25) is 14.5 Å². The fourth-order valence-electron chi connectivity index (χ4n) is 2.31. The molecule has 3 N–H and O–H groups in total. The Morgan fingerprint density at radius 2 is 2.08 bits per heavy atom. The number of phenolic OH excluding ortho intramolecular Hbond substituents is 1. The molecule has 0 bridgehead atoms. The summed E-state index contributed by atoms with van der Waals surface area (Å²) in [7, 11) is 1.39. The van der Waals surface area contributed by atoms with E-state index in [0.717, 1.165) is 16.7 Å². The average Bonchev–Trinajstić information content (AvgIpc) is 2.84. The Morgan fingerprint density at radius 1 is 1.38 bits per heavy atom. The number of carbonyl (C=O) groups is 3. The van der Waals surface area contributed by atoms with E-state index in [1.54, 1.807) is 6.07 Å². The highest BCUT2D eigenvalue weighted by Gasteiger charge is 2.40. The van der Waals surface area contributed by atoms with Gasteiger partial charge in [-0.15, -0.1) is 0 Å². The Balaban J connectivity index is 2.29.